The Hall–Kier alpha value is -1.97. The van der Waals surface area contributed by atoms with E-state index in [2.05, 4.69) is 5.32 Å². The van der Waals surface area contributed by atoms with Gasteiger partial charge >= 0.3 is 5.97 Å². The summed E-state index contributed by atoms with van der Waals surface area (Å²) in [6, 6.07) is 9.45. The van der Waals surface area contributed by atoms with E-state index in [9.17, 15) is 4.79 Å². The Labute approximate surface area is 87.7 Å². The first kappa shape index (κ1) is 9.58. The monoisotopic (exact) mass is 204 g/mol. The SMILES string of the molecule is C[C@@]1(Nc2ccccc2)OC(=O)C=C1N. The first-order chi connectivity index (χ1) is 7.10. The van der Waals surface area contributed by atoms with Crippen LogP contribution in [0.25, 0.3) is 0 Å². The Kier molecular flexibility index (Phi) is 2.11. The van der Waals surface area contributed by atoms with Gasteiger partial charge in [0.1, 0.15) is 0 Å². The lowest BCUT2D eigenvalue weighted by Crippen LogP contribution is -2.40. The minimum atomic E-state index is -0.932. The molecule has 1 aliphatic heterocycles. The maximum atomic E-state index is 11.0. The van der Waals surface area contributed by atoms with Crippen LogP contribution in [0.15, 0.2) is 42.1 Å². The molecule has 15 heavy (non-hydrogen) atoms. The molecule has 78 valence electrons. The predicted molar refractivity (Wildman–Crippen MR) is 56.8 cm³/mol. The summed E-state index contributed by atoms with van der Waals surface area (Å²) in [5, 5.41) is 3.06. The molecule has 0 radical (unpaired) electrons. The van der Waals surface area contributed by atoms with Crippen molar-refractivity contribution in [2.45, 2.75) is 12.6 Å². The van der Waals surface area contributed by atoms with E-state index in [4.69, 9.17) is 10.5 Å². The number of cyclic esters (lactones) is 1. The van der Waals surface area contributed by atoms with Crippen molar-refractivity contribution in [3.8, 4) is 0 Å². The summed E-state index contributed by atoms with van der Waals surface area (Å²) in [5.41, 5.74) is 6.01. The second-order valence-corrected chi connectivity index (χ2v) is 3.55. The van der Waals surface area contributed by atoms with Gasteiger partial charge in [-0.3, -0.25) is 0 Å². The van der Waals surface area contributed by atoms with Gasteiger partial charge in [-0.05, 0) is 12.1 Å². The van der Waals surface area contributed by atoms with E-state index in [1.54, 1.807) is 6.92 Å². The van der Waals surface area contributed by atoms with E-state index in [0.717, 1.165) is 5.69 Å². The maximum absolute atomic E-state index is 11.0. The molecule has 0 saturated carbocycles. The molecule has 0 bridgehead atoms. The molecule has 1 aromatic rings. The van der Waals surface area contributed by atoms with Gasteiger partial charge in [0, 0.05) is 18.7 Å². The molecule has 0 fully saturated rings. The predicted octanol–water partition coefficient (Wildman–Crippen LogP) is 1.21. The Morgan fingerprint density at radius 1 is 1.33 bits per heavy atom. The van der Waals surface area contributed by atoms with Crippen molar-refractivity contribution >= 4 is 11.7 Å². The summed E-state index contributed by atoms with van der Waals surface area (Å²) >= 11 is 0. The maximum Gasteiger partial charge on any atom is 0.335 e. The van der Waals surface area contributed by atoms with Gasteiger partial charge in [0.15, 0.2) is 0 Å². The number of benzene rings is 1. The van der Waals surface area contributed by atoms with Gasteiger partial charge in [-0.2, -0.15) is 0 Å². The zero-order chi connectivity index (χ0) is 10.9. The third-order valence-corrected chi connectivity index (χ3v) is 2.29. The zero-order valence-electron chi connectivity index (χ0n) is 8.36. The molecule has 0 amide bonds. The number of anilines is 1. The number of rotatable bonds is 2. The topological polar surface area (TPSA) is 64.3 Å². The molecule has 1 aromatic carbocycles. The average Bonchev–Trinajstić information content (AvgIpc) is 2.41. The molecule has 0 unspecified atom stereocenters. The molecule has 1 heterocycles. The number of nitrogens with two attached hydrogens (primary N) is 1. The van der Waals surface area contributed by atoms with Crippen LogP contribution >= 0.6 is 0 Å². The van der Waals surface area contributed by atoms with Crippen molar-refractivity contribution in [2.75, 3.05) is 5.32 Å². The van der Waals surface area contributed by atoms with Crippen molar-refractivity contribution < 1.29 is 9.53 Å². The largest absolute Gasteiger partial charge is 0.430 e. The van der Waals surface area contributed by atoms with Crippen LogP contribution in [0.3, 0.4) is 0 Å². The van der Waals surface area contributed by atoms with Gasteiger partial charge in [0.2, 0.25) is 5.72 Å². The number of para-hydroxylation sites is 1. The fraction of sp³-hybridized carbons (Fsp3) is 0.182. The Balaban J connectivity index is 2.20. The third-order valence-electron chi connectivity index (χ3n) is 2.29. The first-order valence-corrected chi connectivity index (χ1v) is 4.64. The number of carbonyl (C=O) groups excluding carboxylic acids is 1. The minimum Gasteiger partial charge on any atom is -0.430 e. The molecule has 1 aliphatic rings. The third kappa shape index (κ3) is 1.79. The highest BCUT2D eigenvalue weighted by Gasteiger charge is 2.37. The lowest BCUT2D eigenvalue weighted by atomic mass is 10.2. The molecule has 0 spiro atoms. The molecule has 4 heteroatoms. The average molecular weight is 204 g/mol. The molecule has 4 nitrogen and oxygen atoms in total. The smallest absolute Gasteiger partial charge is 0.335 e. The van der Waals surface area contributed by atoms with Gasteiger partial charge < -0.3 is 15.8 Å². The second kappa shape index (κ2) is 3.31. The normalized spacial score (nSPS) is 24.6. The van der Waals surface area contributed by atoms with E-state index in [1.165, 1.54) is 6.08 Å². The fourth-order valence-electron chi connectivity index (χ4n) is 1.45. The highest BCUT2D eigenvalue weighted by Crippen LogP contribution is 2.25. The Morgan fingerprint density at radius 3 is 2.53 bits per heavy atom. The van der Waals surface area contributed by atoms with Crippen LogP contribution in [0.4, 0.5) is 5.69 Å². The fourth-order valence-corrected chi connectivity index (χ4v) is 1.45. The van der Waals surface area contributed by atoms with Gasteiger partial charge in [-0.15, -0.1) is 0 Å². The molecule has 1 atom stereocenters. The quantitative estimate of drug-likeness (QED) is 0.711. The van der Waals surface area contributed by atoms with Crippen molar-refractivity contribution in [1.29, 1.82) is 0 Å². The standard InChI is InChI=1S/C11H12N2O2/c1-11(9(12)7-10(14)15-11)13-8-5-3-2-4-6-8/h2-7,13H,12H2,1H3/t11-/m1/s1. The summed E-state index contributed by atoms with van der Waals surface area (Å²) in [4.78, 5) is 11.0. The Bertz CT molecular complexity index is 414. The number of esters is 1. The molecule has 0 aromatic heterocycles. The molecule has 2 rings (SSSR count). The lowest BCUT2D eigenvalue weighted by molar-refractivity contribution is -0.143. The van der Waals surface area contributed by atoms with Crippen LogP contribution in [0.2, 0.25) is 0 Å². The molecule has 0 aliphatic carbocycles. The Morgan fingerprint density at radius 2 is 2.00 bits per heavy atom. The number of nitrogens with one attached hydrogen (secondary N) is 1. The van der Waals surface area contributed by atoms with E-state index < -0.39 is 11.7 Å². The summed E-state index contributed by atoms with van der Waals surface area (Å²) in [5.74, 6) is -0.418. The summed E-state index contributed by atoms with van der Waals surface area (Å²) < 4.78 is 5.10. The van der Waals surface area contributed by atoms with Crippen molar-refractivity contribution in [2.24, 2.45) is 5.73 Å². The van der Waals surface area contributed by atoms with Gasteiger partial charge in [0.25, 0.3) is 0 Å². The molecular formula is C11H12N2O2. The molecule has 0 saturated heterocycles. The summed E-state index contributed by atoms with van der Waals surface area (Å²) in [7, 11) is 0. The minimum absolute atomic E-state index is 0.386. The summed E-state index contributed by atoms with van der Waals surface area (Å²) in [6.45, 7) is 1.72. The second-order valence-electron chi connectivity index (χ2n) is 3.55. The van der Waals surface area contributed by atoms with Crippen LogP contribution in [-0.2, 0) is 9.53 Å². The lowest BCUT2D eigenvalue weighted by Gasteiger charge is -2.26. The number of carbonyl (C=O) groups is 1. The van der Waals surface area contributed by atoms with Crippen LogP contribution in [0.5, 0.6) is 0 Å². The molecule has 3 N–H and O–H groups in total. The van der Waals surface area contributed by atoms with Crippen LogP contribution < -0.4 is 11.1 Å². The first-order valence-electron chi connectivity index (χ1n) is 4.64. The number of ether oxygens (including phenoxy) is 1. The highest BCUT2D eigenvalue weighted by atomic mass is 16.6. The van der Waals surface area contributed by atoms with Crippen molar-refractivity contribution in [3.05, 3.63) is 42.1 Å². The van der Waals surface area contributed by atoms with Gasteiger partial charge in [-0.1, -0.05) is 18.2 Å². The van der Waals surface area contributed by atoms with Gasteiger partial charge in [-0.25, -0.2) is 4.79 Å². The van der Waals surface area contributed by atoms with E-state index >= 15 is 0 Å². The van der Waals surface area contributed by atoms with Gasteiger partial charge in [0.05, 0.1) is 5.70 Å². The van der Waals surface area contributed by atoms with E-state index in [-0.39, 0.29) is 0 Å². The van der Waals surface area contributed by atoms with E-state index in [1.807, 2.05) is 30.3 Å². The van der Waals surface area contributed by atoms with Crippen LogP contribution in [0, 0.1) is 0 Å². The van der Waals surface area contributed by atoms with Crippen LogP contribution in [0.1, 0.15) is 6.92 Å². The van der Waals surface area contributed by atoms with Crippen molar-refractivity contribution in [1.82, 2.24) is 0 Å². The summed E-state index contributed by atoms with van der Waals surface area (Å²) in [6.07, 6.45) is 1.29. The van der Waals surface area contributed by atoms with Crippen molar-refractivity contribution in [3.63, 3.8) is 0 Å². The number of hydrogen-bond donors (Lipinski definition) is 2. The zero-order valence-corrected chi connectivity index (χ0v) is 8.36. The van der Waals surface area contributed by atoms with E-state index in [0.29, 0.717) is 5.70 Å². The van der Waals surface area contributed by atoms with Crippen LogP contribution in [-0.4, -0.2) is 11.7 Å². The molecular weight excluding hydrogens is 192 g/mol. The highest BCUT2D eigenvalue weighted by molar-refractivity contribution is 5.87. The number of hydrogen-bond acceptors (Lipinski definition) is 4.